The first-order chi connectivity index (χ1) is 14.2. The van der Waals surface area contributed by atoms with Crippen molar-refractivity contribution >= 4 is 70.8 Å². The van der Waals surface area contributed by atoms with Crippen molar-refractivity contribution < 1.29 is 13.2 Å². The fourth-order valence-corrected chi connectivity index (χ4v) is 5.48. The predicted molar refractivity (Wildman–Crippen MR) is 134 cm³/mol. The van der Waals surface area contributed by atoms with Crippen molar-refractivity contribution in [3.63, 3.8) is 0 Å². The van der Waals surface area contributed by atoms with Crippen LogP contribution in [0, 0.1) is 0 Å². The van der Waals surface area contributed by atoms with Gasteiger partial charge in [-0.2, -0.15) is 0 Å². The second-order valence-corrected chi connectivity index (χ2v) is 10.8. The molecule has 0 atom stereocenters. The zero-order chi connectivity index (χ0) is 21.9. The molecule has 3 rings (SSSR count). The maximum Gasteiger partial charge on any atom is 0.260 e. The largest absolute Gasteiger partial charge is 0.302 e. The molecule has 31 heavy (non-hydrogen) atoms. The van der Waals surface area contributed by atoms with Gasteiger partial charge in [-0.05, 0) is 43.4 Å². The number of hydrogen-bond acceptors (Lipinski definition) is 6. The smallest absolute Gasteiger partial charge is 0.260 e. The summed E-state index contributed by atoms with van der Waals surface area (Å²) in [4.78, 5) is 22.0. The molecule has 6 nitrogen and oxygen atoms in total. The van der Waals surface area contributed by atoms with Crippen LogP contribution in [0.15, 0.2) is 51.8 Å². The van der Waals surface area contributed by atoms with Crippen molar-refractivity contribution in [1.29, 1.82) is 0 Å². The summed E-state index contributed by atoms with van der Waals surface area (Å²) >= 11 is 4.75. The van der Waals surface area contributed by atoms with E-state index in [1.54, 1.807) is 29.2 Å². The van der Waals surface area contributed by atoms with Crippen molar-refractivity contribution in [2.24, 2.45) is 0 Å². The zero-order valence-corrected chi connectivity index (χ0v) is 21.6. The summed E-state index contributed by atoms with van der Waals surface area (Å²) in [6, 6.07) is 12.3. The molecule has 168 valence electrons. The average molecular weight is 547 g/mol. The Morgan fingerprint density at radius 2 is 1.77 bits per heavy atom. The second-order valence-electron chi connectivity index (χ2n) is 6.87. The van der Waals surface area contributed by atoms with Gasteiger partial charge < -0.3 is 4.90 Å². The Morgan fingerprint density at radius 1 is 1.10 bits per heavy atom. The molecule has 0 N–H and O–H groups in total. The van der Waals surface area contributed by atoms with Gasteiger partial charge in [-0.1, -0.05) is 53.2 Å². The average Bonchev–Trinajstić information content (AvgIpc) is 3.14. The zero-order valence-electron chi connectivity index (χ0n) is 17.5. The third-order valence-corrected chi connectivity index (χ3v) is 7.52. The van der Waals surface area contributed by atoms with Crippen LogP contribution in [0.5, 0.6) is 0 Å². The van der Waals surface area contributed by atoms with E-state index in [-0.39, 0.29) is 23.2 Å². The highest BCUT2D eigenvalue weighted by atomic mass is 79.9. The van der Waals surface area contributed by atoms with Crippen molar-refractivity contribution in [1.82, 2.24) is 9.88 Å². The number of amides is 1. The highest BCUT2D eigenvalue weighted by Gasteiger charge is 2.24. The number of fused-ring (bicyclic) bond motifs is 1. The minimum atomic E-state index is -3.43. The first-order valence-corrected chi connectivity index (χ1v) is 13.1. The minimum Gasteiger partial charge on any atom is -0.302 e. The number of aromatic nitrogens is 1. The minimum absolute atomic E-state index is 0. The first-order valence-electron chi connectivity index (χ1n) is 9.64. The van der Waals surface area contributed by atoms with Crippen LogP contribution in [0.1, 0.15) is 24.2 Å². The molecule has 0 aliphatic carbocycles. The molecule has 1 aromatic heterocycles. The van der Waals surface area contributed by atoms with Crippen LogP contribution in [-0.2, 0) is 9.84 Å². The Hall–Kier alpha value is -1.52. The number of thiazole rings is 1. The third-order valence-electron chi connectivity index (χ3n) is 4.85. The standard InChI is InChI=1S/C21H24BrN3O3S2.ClH/c1-4-24(5-2)12-13-25(20(26)15-8-6-9-16(22)14-15)21-23-19-17(29-21)10-7-11-18(19)30(3,27)28;/h6-11,14H,4-5,12-13H2,1-3H3;1H. The molecule has 2 aromatic carbocycles. The molecule has 0 saturated carbocycles. The van der Waals surface area contributed by atoms with Gasteiger partial charge in [-0.15, -0.1) is 12.4 Å². The van der Waals surface area contributed by atoms with Gasteiger partial charge in [0.25, 0.3) is 5.91 Å². The van der Waals surface area contributed by atoms with Gasteiger partial charge in [-0.25, -0.2) is 13.4 Å². The number of sulfone groups is 1. The topological polar surface area (TPSA) is 70.6 Å². The Labute approximate surface area is 201 Å². The van der Waals surface area contributed by atoms with Crippen molar-refractivity contribution in [3.05, 3.63) is 52.5 Å². The predicted octanol–water partition coefficient (Wildman–Crippen LogP) is 4.87. The molecule has 1 amide bonds. The molecule has 1 heterocycles. The number of carbonyl (C=O) groups is 1. The molecule has 10 heteroatoms. The number of nitrogens with zero attached hydrogens (tertiary/aromatic N) is 3. The van der Waals surface area contributed by atoms with E-state index in [9.17, 15) is 13.2 Å². The Kier molecular flexibility index (Phi) is 9.03. The van der Waals surface area contributed by atoms with Crippen molar-refractivity contribution in [3.8, 4) is 0 Å². The lowest BCUT2D eigenvalue weighted by Gasteiger charge is -2.24. The molecule has 0 fully saturated rings. The first kappa shape index (κ1) is 25.7. The monoisotopic (exact) mass is 545 g/mol. The van der Waals surface area contributed by atoms with Gasteiger partial charge in [0, 0.05) is 29.4 Å². The third kappa shape index (κ3) is 6.04. The van der Waals surface area contributed by atoms with E-state index in [1.165, 1.54) is 17.6 Å². The van der Waals surface area contributed by atoms with E-state index in [2.05, 4.69) is 39.7 Å². The van der Waals surface area contributed by atoms with Crippen LogP contribution in [-0.4, -0.2) is 56.6 Å². The number of para-hydroxylation sites is 1. The summed E-state index contributed by atoms with van der Waals surface area (Å²) in [5, 5.41) is 0.498. The molecule has 0 spiro atoms. The van der Waals surface area contributed by atoms with Gasteiger partial charge in [0.05, 0.1) is 9.60 Å². The summed E-state index contributed by atoms with van der Waals surface area (Å²) in [5.74, 6) is -0.164. The molecular formula is C21H25BrClN3O3S2. The highest BCUT2D eigenvalue weighted by molar-refractivity contribution is 9.10. The maximum absolute atomic E-state index is 13.4. The lowest BCUT2D eigenvalue weighted by molar-refractivity contribution is 0.0983. The molecule has 0 aliphatic heterocycles. The van der Waals surface area contributed by atoms with Crippen LogP contribution in [0.2, 0.25) is 0 Å². The van der Waals surface area contributed by atoms with Crippen LogP contribution in [0.3, 0.4) is 0 Å². The molecule has 0 bridgehead atoms. The van der Waals surface area contributed by atoms with E-state index in [4.69, 9.17) is 0 Å². The summed E-state index contributed by atoms with van der Waals surface area (Å²) < 4.78 is 25.9. The van der Waals surface area contributed by atoms with Crippen LogP contribution in [0.25, 0.3) is 10.2 Å². The number of hydrogen-bond donors (Lipinski definition) is 0. The van der Waals surface area contributed by atoms with Crippen LogP contribution < -0.4 is 4.90 Å². The molecule has 3 aromatic rings. The van der Waals surface area contributed by atoms with Crippen LogP contribution in [0.4, 0.5) is 5.13 Å². The van der Waals surface area contributed by atoms with Crippen molar-refractivity contribution in [2.75, 3.05) is 37.3 Å². The fraction of sp³-hybridized carbons (Fsp3) is 0.333. The Balaban J connectivity index is 0.00000341. The number of carbonyl (C=O) groups excluding carboxylic acids is 1. The molecule has 0 unspecified atom stereocenters. The van der Waals surface area contributed by atoms with Gasteiger partial charge >= 0.3 is 0 Å². The summed E-state index contributed by atoms with van der Waals surface area (Å²) in [6.45, 7) is 7.09. The quantitative estimate of drug-likeness (QED) is 0.403. The number of likely N-dealkylation sites (N-methyl/N-ethyl adjacent to an activating group) is 1. The SMILES string of the molecule is CCN(CC)CCN(C(=O)c1cccc(Br)c1)c1nc2c(S(C)(=O)=O)cccc2s1.Cl. The number of rotatable bonds is 8. The number of halogens is 2. The van der Waals surface area contributed by atoms with Gasteiger partial charge in [0.15, 0.2) is 15.0 Å². The Morgan fingerprint density at radius 3 is 2.39 bits per heavy atom. The molecule has 0 radical (unpaired) electrons. The fourth-order valence-electron chi connectivity index (χ4n) is 3.17. The van der Waals surface area contributed by atoms with Crippen molar-refractivity contribution in [2.45, 2.75) is 18.7 Å². The lowest BCUT2D eigenvalue weighted by Crippen LogP contribution is -2.38. The normalized spacial score (nSPS) is 11.5. The number of anilines is 1. The van der Waals surface area contributed by atoms with Crippen LogP contribution >= 0.6 is 39.7 Å². The lowest BCUT2D eigenvalue weighted by atomic mass is 10.2. The van der Waals surface area contributed by atoms with E-state index >= 15 is 0 Å². The van der Waals surface area contributed by atoms with Gasteiger partial charge in [0.1, 0.15) is 5.52 Å². The summed E-state index contributed by atoms with van der Waals surface area (Å²) in [5.41, 5.74) is 0.960. The van der Waals surface area contributed by atoms with E-state index in [1.807, 2.05) is 18.2 Å². The van der Waals surface area contributed by atoms with E-state index in [0.29, 0.717) is 29.3 Å². The molecule has 0 saturated heterocycles. The molecule has 0 aliphatic rings. The van der Waals surface area contributed by atoms with E-state index < -0.39 is 9.84 Å². The maximum atomic E-state index is 13.4. The summed E-state index contributed by atoms with van der Waals surface area (Å²) in [6.07, 6.45) is 1.17. The van der Waals surface area contributed by atoms with Gasteiger partial charge in [-0.3, -0.25) is 9.69 Å². The number of benzene rings is 2. The van der Waals surface area contributed by atoms with Gasteiger partial charge in [0.2, 0.25) is 0 Å². The van der Waals surface area contributed by atoms with E-state index in [0.717, 1.165) is 22.3 Å². The highest BCUT2D eigenvalue weighted by Crippen LogP contribution is 2.33. The second kappa shape index (κ2) is 10.9. The molecular weight excluding hydrogens is 522 g/mol. The summed E-state index contributed by atoms with van der Waals surface area (Å²) in [7, 11) is -3.43. The Bertz CT molecular complexity index is 1160.